The van der Waals surface area contributed by atoms with E-state index in [1.54, 1.807) is 6.07 Å². The highest BCUT2D eigenvalue weighted by molar-refractivity contribution is 5.85. The Bertz CT molecular complexity index is 458. The summed E-state index contributed by atoms with van der Waals surface area (Å²) in [5.74, 6) is 0.625. The second-order valence-electron chi connectivity index (χ2n) is 5.59. The van der Waals surface area contributed by atoms with Crippen LogP contribution < -0.4 is 5.32 Å². The van der Waals surface area contributed by atoms with Crippen LogP contribution in [0.2, 0.25) is 0 Å². The zero-order valence-electron chi connectivity index (χ0n) is 11.8. The van der Waals surface area contributed by atoms with Crippen molar-refractivity contribution < 1.29 is 9.90 Å². The van der Waals surface area contributed by atoms with Crippen LogP contribution in [0.5, 0.6) is 5.75 Å². The maximum atomic E-state index is 11.9. The maximum Gasteiger partial charge on any atom is 0.149 e. The first-order valence-electron chi connectivity index (χ1n) is 7.11. The molecule has 104 valence electrons. The third-order valence-corrected chi connectivity index (χ3v) is 4.37. The number of phenols is 1. The molecule has 3 nitrogen and oxygen atoms in total. The summed E-state index contributed by atoms with van der Waals surface area (Å²) in [7, 11) is 1.85. The lowest BCUT2D eigenvalue weighted by Crippen LogP contribution is -2.46. The van der Waals surface area contributed by atoms with Crippen molar-refractivity contribution in [1.82, 2.24) is 5.32 Å². The van der Waals surface area contributed by atoms with Crippen LogP contribution in [0.3, 0.4) is 0 Å². The fourth-order valence-corrected chi connectivity index (χ4v) is 3.35. The third kappa shape index (κ3) is 2.81. The number of carbonyl (C=O) groups excluding carboxylic acids is 1. The van der Waals surface area contributed by atoms with E-state index < -0.39 is 0 Å². The molecule has 0 spiro atoms. The zero-order chi connectivity index (χ0) is 13.9. The topological polar surface area (TPSA) is 49.3 Å². The summed E-state index contributed by atoms with van der Waals surface area (Å²) in [6, 6.07) is 7.48. The molecule has 2 N–H and O–H groups in total. The predicted octanol–water partition coefficient (Wildman–Crippen LogP) is 2.77. The lowest BCUT2D eigenvalue weighted by molar-refractivity contribution is -0.123. The Labute approximate surface area is 115 Å². The molecule has 0 bridgehead atoms. The highest BCUT2D eigenvalue weighted by atomic mass is 16.3. The number of rotatable bonds is 4. The van der Waals surface area contributed by atoms with Crippen molar-refractivity contribution in [2.75, 3.05) is 7.05 Å². The predicted molar refractivity (Wildman–Crippen MR) is 76.4 cm³/mol. The molecule has 0 aromatic heterocycles. The van der Waals surface area contributed by atoms with Gasteiger partial charge in [0.15, 0.2) is 0 Å². The fourth-order valence-electron chi connectivity index (χ4n) is 3.35. The molecule has 1 aliphatic rings. The van der Waals surface area contributed by atoms with Gasteiger partial charge in [-0.3, -0.25) is 4.79 Å². The zero-order valence-corrected chi connectivity index (χ0v) is 11.8. The van der Waals surface area contributed by atoms with E-state index in [4.69, 9.17) is 0 Å². The quantitative estimate of drug-likeness (QED) is 0.876. The molecule has 2 rings (SSSR count). The minimum Gasteiger partial charge on any atom is -0.508 e. The molecule has 3 heteroatoms. The van der Waals surface area contributed by atoms with E-state index in [1.165, 1.54) is 5.56 Å². The van der Waals surface area contributed by atoms with Crippen molar-refractivity contribution >= 4 is 5.78 Å². The number of aromatic hydroxyl groups is 1. The first-order valence-corrected chi connectivity index (χ1v) is 7.11. The fraction of sp³-hybridized carbons (Fsp3) is 0.562. The lowest BCUT2D eigenvalue weighted by atomic mass is 9.65. The van der Waals surface area contributed by atoms with Crippen LogP contribution in [0.15, 0.2) is 24.3 Å². The van der Waals surface area contributed by atoms with Crippen LogP contribution in [-0.4, -0.2) is 24.0 Å². The number of phenolic OH excluding ortho intramolecular Hbond substituents is 1. The summed E-state index contributed by atoms with van der Waals surface area (Å²) in [4.78, 5) is 11.9. The number of benzene rings is 1. The Morgan fingerprint density at radius 1 is 1.47 bits per heavy atom. The number of carbonyl (C=O) groups is 1. The van der Waals surface area contributed by atoms with Crippen LogP contribution in [0.4, 0.5) is 0 Å². The molecule has 1 aromatic rings. The molecular formula is C16H23NO2. The number of likely N-dealkylation sites (N-methyl/N-ethyl adjacent to an activating group) is 1. The summed E-state index contributed by atoms with van der Waals surface area (Å²) >= 11 is 0. The Hall–Kier alpha value is -1.35. The molecule has 1 aliphatic carbocycles. The van der Waals surface area contributed by atoms with Gasteiger partial charge in [-0.05, 0) is 49.4 Å². The molecule has 1 saturated carbocycles. The molecule has 0 saturated heterocycles. The van der Waals surface area contributed by atoms with E-state index >= 15 is 0 Å². The van der Waals surface area contributed by atoms with Gasteiger partial charge in [0.25, 0.3) is 0 Å². The van der Waals surface area contributed by atoms with Gasteiger partial charge in [-0.25, -0.2) is 0 Å². The standard InChI is InChI=1S/C16H23NO2/c1-3-8-16(12-5-4-6-13(18)10-12)9-7-15(19)14(11-16)17-2/h4-6,10,14,17-18H,3,7-9,11H2,1-2H3. The van der Waals surface area contributed by atoms with E-state index in [2.05, 4.69) is 18.3 Å². The van der Waals surface area contributed by atoms with Gasteiger partial charge in [-0.2, -0.15) is 0 Å². The highest BCUT2D eigenvalue weighted by Crippen LogP contribution is 2.42. The Morgan fingerprint density at radius 2 is 2.26 bits per heavy atom. The second kappa shape index (κ2) is 5.74. The van der Waals surface area contributed by atoms with E-state index in [0.29, 0.717) is 18.0 Å². The molecular weight excluding hydrogens is 238 g/mol. The van der Waals surface area contributed by atoms with Gasteiger partial charge in [-0.15, -0.1) is 0 Å². The van der Waals surface area contributed by atoms with Crippen LogP contribution >= 0.6 is 0 Å². The average Bonchev–Trinajstić information content (AvgIpc) is 2.41. The molecule has 2 unspecified atom stereocenters. The number of Topliss-reactive ketones (excluding diaryl/α,β-unsaturated/α-hetero) is 1. The molecule has 0 heterocycles. The van der Waals surface area contributed by atoms with Crippen LogP contribution in [0.1, 0.15) is 44.6 Å². The van der Waals surface area contributed by atoms with Crippen molar-refractivity contribution in [3.63, 3.8) is 0 Å². The molecule has 19 heavy (non-hydrogen) atoms. The lowest BCUT2D eigenvalue weighted by Gasteiger charge is -2.41. The number of hydrogen-bond donors (Lipinski definition) is 2. The van der Waals surface area contributed by atoms with Crippen LogP contribution in [0, 0.1) is 0 Å². The molecule has 0 amide bonds. The second-order valence-corrected chi connectivity index (χ2v) is 5.59. The summed E-state index contributed by atoms with van der Waals surface area (Å²) in [5.41, 5.74) is 1.19. The SMILES string of the molecule is CCCC1(c2cccc(O)c2)CCC(=O)C(NC)C1. The van der Waals surface area contributed by atoms with Gasteiger partial charge in [0.1, 0.15) is 11.5 Å². The molecule has 0 aliphatic heterocycles. The van der Waals surface area contributed by atoms with Crippen molar-refractivity contribution in [2.24, 2.45) is 0 Å². The van der Waals surface area contributed by atoms with Crippen molar-refractivity contribution in [2.45, 2.75) is 50.5 Å². The summed E-state index contributed by atoms with van der Waals surface area (Å²) < 4.78 is 0. The van der Waals surface area contributed by atoms with E-state index in [1.807, 2.05) is 19.2 Å². The normalized spacial score (nSPS) is 27.5. The van der Waals surface area contributed by atoms with Gasteiger partial charge in [0.2, 0.25) is 0 Å². The number of nitrogens with one attached hydrogen (secondary N) is 1. The van der Waals surface area contributed by atoms with E-state index in [0.717, 1.165) is 25.7 Å². The monoisotopic (exact) mass is 261 g/mol. The average molecular weight is 261 g/mol. The van der Waals surface area contributed by atoms with Gasteiger partial charge in [0.05, 0.1) is 6.04 Å². The highest BCUT2D eigenvalue weighted by Gasteiger charge is 2.40. The van der Waals surface area contributed by atoms with Gasteiger partial charge >= 0.3 is 0 Å². The largest absolute Gasteiger partial charge is 0.508 e. The van der Waals surface area contributed by atoms with Crippen molar-refractivity contribution in [3.8, 4) is 5.75 Å². The summed E-state index contributed by atoms with van der Waals surface area (Å²) in [6.07, 6.45) is 4.49. The van der Waals surface area contributed by atoms with Gasteiger partial charge in [-0.1, -0.05) is 25.5 Å². The summed E-state index contributed by atoms with van der Waals surface area (Å²) in [6.45, 7) is 2.18. The Balaban J connectivity index is 2.35. The minimum atomic E-state index is -0.0531. The van der Waals surface area contributed by atoms with Crippen LogP contribution in [-0.2, 0) is 10.2 Å². The van der Waals surface area contributed by atoms with Crippen molar-refractivity contribution in [1.29, 1.82) is 0 Å². The van der Waals surface area contributed by atoms with E-state index in [9.17, 15) is 9.90 Å². The van der Waals surface area contributed by atoms with Gasteiger partial charge < -0.3 is 10.4 Å². The van der Waals surface area contributed by atoms with Gasteiger partial charge in [0, 0.05) is 6.42 Å². The minimum absolute atomic E-state index is 0.0229. The van der Waals surface area contributed by atoms with Crippen LogP contribution in [0.25, 0.3) is 0 Å². The van der Waals surface area contributed by atoms with E-state index in [-0.39, 0.29) is 11.5 Å². The maximum absolute atomic E-state index is 11.9. The summed E-state index contributed by atoms with van der Waals surface area (Å²) in [5, 5.41) is 12.9. The molecule has 1 aromatic carbocycles. The smallest absolute Gasteiger partial charge is 0.149 e. The molecule has 0 radical (unpaired) electrons. The van der Waals surface area contributed by atoms with Crippen molar-refractivity contribution in [3.05, 3.63) is 29.8 Å². The number of ketones is 1. The Morgan fingerprint density at radius 3 is 2.89 bits per heavy atom. The Kier molecular flexibility index (Phi) is 4.25. The molecule has 1 fully saturated rings. The third-order valence-electron chi connectivity index (χ3n) is 4.37. The number of hydrogen-bond acceptors (Lipinski definition) is 3. The molecule has 2 atom stereocenters. The first kappa shape index (κ1) is 14.1. The first-order chi connectivity index (χ1) is 9.11.